The van der Waals surface area contributed by atoms with Crippen LogP contribution in [0.4, 0.5) is 0 Å². The third-order valence-electron chi connectivity index (χ3n) is 3.83. The quantitative estimate of drug-likeness (QED) is 0.834. The average molecular weight is 348 g/mol. The summed E-state index contributed by atoms with van der Waals surface area (Å²) in [4.78, 5) is 0. The van der Waals surface area contributed by atoms with Gasteiger partial charge in [0.2, 0.25) is 0 Å². The molecule has 0 aliphatic carbocycles. The summed E-state index contributed by atoms with van der Waals surface area (Å²) in [7, 11) is 0. The molecule has 0 radical (unpaired) electrons. The van der Waals surface area contributed by atoms with Gasteiger partial charge in [0, 0.05) is 16.9 Å². The molecular formula is C18H22BrNO. The zero-order chi connectivity index (χ0) is 15.2. The number of hydrogen-bond acceptors (Lipinski definition) is 2. The van der Waals surface area contributed by atoms with E-state index in [9.17, 15) is 5.11 Å². The minimum atomic E-state index is -0.436. The van der Waals surface area contributed by atoms with E-state index >= 15 is 0 Å². The molecular weight excluding hydrogens is 326 g/mol. The van der Waals surface area contributed by atoms with Crippen molar-refractivity contribution in [2.24, 2.45) is 5.73 Å². The summed E-state index contributed by atoms with van der Waals surface area (Å²) in [6, 6.07) is 16.4. The molecule has 2 atom stereocenters. The van der Waals surface area contributed by atoms with E-state index in [2.05, 4.69) is 47.1 Å². The van der Waals surface area contributed by atoms with Crippen LogP contribution in [0.2, 0.25) is 0 Å². The Hall–Kier alpha value is -1.16. The average Bonchev–Trinajstić information content (AvgIpc) is 2.48. The highest BCUT2D eigenvalue weighted by molar-refractivity contribution is 9.10. The number of hydrogen-bond donors (Lipinski definition) is 2. The molecule has 0 spiro atoms. The molecule has 0 fully saturated rings. The molecule has 2 nitrogen and oxygen atoms in total. The Bertz CT molecular complexity index is 585. The van der Waals surface area contributed by atoms with Crippen molar-refractivity contribution in [2.75, 3.05) is 6.54 Å². The van der Waals surface area contributed by atoms with E-state index in [1.54, 1.807) is 0 Å². The van der Waals surface area contributed by atoms with Crippen LogP contribution in [0.3, 0.4) is 0 Å². The second-order valence-electron chi connectivity index (χ2n) is 5.46. The summed E-state index contributed by atoms with van der Waals surface area (Å²) in [6.07, 6.45) is 1.14. The standard InChI is InChI=1S/C18H22BrNO/c1-13-5-4-6-14(11-13)9-10-18(21)16(12-20)15-7-2-3-8-17(15)19/h2-8,11,16,18,21H,9-10,12,20H2,1H3. The Morgan fingerprint density at radius 2 is 1.90 bits per heavy atom. The van der Waals surface area contributed by atoms with Crippen molar-refractivity contribution in [1.29, 1.82) is 0 Å². The van der Waals surface area contributed by atoms with Crippen LogP contribution in [0.1, 0.15) is 29.0 Å². The number of aliphatic hydroxyl groups excluding tert-OH is 1. The van der Waals surface area contributed by atoms with Gasteiger partial charge in [-0.25, -0.2) is 0 Å². The molecule has 0 aliphatic rings. The predicted molar refractivity (Wildman–Crippen MR) is 91.4 cm³/mol. The Kier molecular flexibility index (Phi) is 5.97. The second kappa shape index (κ2) is 7.74. The lowest BCUT2D eigenvalue weighted by atomic mass is 9.90. The molecule has 2 rings (SSSR count). The lowest BCUT2D eigenvalue weighted by Crippen LogP contribution is -2.26. The van der Waals surface area contributed by atoms with E-state index < -0.39 is 6.10 Å². The van der Waals surface area contributed by atoms with Crippen molar-refractivity contribution in [3.05, 3.63) is 69.7 Å². The monoisotopic (exact) mass is 347 g/mol. The van der Waals surface area contributed by atoms with E-state index in [1.165, 1.54) is 11.1 Å². The number of rotatable bonds is 6. The Morgan fingerprint density at radius 3 is 2.57 bits per heavy atom. The van der Waals surface area contributed by atoms with Gasteiger partial charge in [-0.15, -0.1) is 0 Å². The summed E-state index contributed by atoms with van der Waals surface area (Å²) < 4.78 is 1.01. The zero-order valence-corrected chi connectivity index (χ0v) is 13.9. The van der Waals surface area contributed by atoms with E-state index in [-0.39, 0.29) is 5.92 Å². The molecule has 21 heavy (non-hydrogen) atoms. The molecule has 0 heterocycles. The first kappa shape index (κ1) is 16.2. The van der Waals surface area contributed by atoms with Crippen LogP contribution < -0.4 is 5.73 Å². The molecule has 2 unspecified atom stereocenters. The van der Waals surface area contributed by atoms with Crippen molar-refractivity contribution in [1.82, 2.24) is 0 Å². The van der Waals surface area contributed by atoms with E-state index in [1.807, 2.05) is 24.3 Å². The molecule has 0 bridgehead atoms. The van der Waals surface area contributed by atoms with E-state index in [4.69, 9.17) is 5.73 Å². The summed E-state index contributed by atoms with van der Waals surface area (Å²) in [5.41, 5.74) is 9.48. The smallest absolute Gasteiger partial charge is 0.0624 e. The number of nitrogens with two attached hydrogens (primary N) is 1. The van der Waals surface area contributed by atoms with Crippen molar-refractivity contribution < 1.29 is 5.11 Å². The van der Waals surface area contributed by atoms with Crippen LogP contribution >= 0.6 is 15.9 Å². The fourth-order valence-electron chi connectivity index (χ4n) is 2.65. The van der Waals surface area contributed by atoms with Gasteiger partial charge < -0.3 is 10.8 Å². The number of halogens is 1. The molecule has 0 amide bonds. The maximum absolute atomic E-state index is 10.5. The second-order valence-corrected chi connectivity index (χ2v) is 6.31. The SMILES string of the molecule is Cc1cccc(CCC(O)C(CN)c2ccccc2Br)c1. The Labute approximate surface area is 135 Å². The largest absolute Gasteiger partial charge is 0.392 e. The van der Waals surface area contributed by atoms with Crippen LogP contribution in [-0.4, -0.2) is 17.8 Å². The molecule has 112 valence electrons. The lowest BCUT2D eigenvalue weighted by molar-refractivity contribution is 0.136. The highest BCUT2D eigenvalue weighted by Gasteiger charge is 2.21. The molecule has 0 saturated heterocycles. The fraction of sp³-hybridized carbons (Fsp3) is 0.333. The highest BCUT2D eigenvalue weighted by Crippen LogP contribution is 2.28. The molecule has 3 N–H and O–H groups in total. The maximum atomic E-state index is 10.5. The van der Waals surface area contributed by atoms with Crippen molar-refractivity contribution in [2.45, 2.75) is 31.8 Å². The highest BCUT2D eigenvalue weighted by atomic mass is 79.9. The van der Waals surface area contributed by atoms with Crippen molar-refractivity contribution in [3.8, 4) is 0 Å². The summed E-state index contributed by atoms with van der Waals surface area (Å²) >= 11 is 3.54. The first-order valence-corrected chi connectivity index (χ1v) is 8.09. The fourth-order valence-corrected chi connectivity index (χ4v) is 3.23. The first-order chi connectivity index (χ1) is 10.1. The van der Waals surface area contributed by atoms with Crippen LogP contribution in [0.25, 0.3) is 0 Å². The molecule has 0 saturated carbocycles. The van der Waals surface area contributed by atoms with Gasteiger partial charge in [-0.3, -0.25) is 0 Å². The summed E-state index contributed by atoms with van der Waals surface area (Å²) in [5, 5.41) is 10.5. The predicted octanol–water partition coefficient (Wildman–Crippen LogP) is 3.79. The van der Waals surface area contributed by atoms with Crippen LogP contribution in [0, 0.1) is 6.92 Å². The number of aryl methyl sites for hydroxylation is 2. The summed E-state index contributed by atoms with van der Waals surface area (Å²) in [6.45, 7) is 2.53. The normalized spacial score (nSPS) is 13.9. The molecule has 0 aromatic heterocycles. The minimum Gasteiger partial charge on any atom is -0.392 e. The number of benzene rings is 2. The number of aliphatic hydroxyl groups is 1. The topological polar surface area (TPSA) is 46.2 Å². The molecule has 2 aromatic rings. The van der Waals surface area contributed by atoms with Crippen molar-refractivity contribution in [3.63, 3.8) is 0 Å². The van der Waals surface area contributed by atoms with Crippen molar-refractivity contribution >= 4 is 15.9 Å². The molecule has 2 aromatic carbocycles. The van der Waals surface area contributed by atoms with Gasteiger partial charge in [-0.05, 0) is 37.0 Å². The third kappa shape index (κ3) is 4.40. The van der Waals surface area contributed by atoms with Gasteiger partial charge in [0.15, 0.2) is 0 Å². The minimum absolute atomic E-state index is 0.0367. The summed E-state index contributed by atoms with van der Waals surface area (Å²) in [5.74, 6) is -0.0367. The molecule has 0 aliphatic heterocycles. The Morgan fingerprint density at radius 1 is 1.14 bits per heavy atom. The van der Waals surface area contributed by atoms with Gasteiger partial charge in [-0.2, -0.15) is 0 Å². The maximum Gasteiger partial charge on any atom is 0.0624 e. The third-order valence-corrected chi connectivity index (χ3v) is 4.56. The van der Waals surface area contributed by atoms with Crippen LogP contribution in [-0.2, 0) is 6.42 Å². The van der Waals surface area contributed by atoms with E-state index in [0.29, 0.717) is 13.0 Å². The van der Waals surface area contributed by atoms with Gasteiger partial charge in [0.05, 0.1) is 6.10 Å². The first-order valence-electron chi connectivity index (χ1n) is 7.30. The van der Waals surface area contributed by atoms with Crippen LogP contribution in [0.5, 0.6) is 0 Å². The lowest BCUT2D eigenvalue weighted by Gasteiger charge is -2.23. The zero-order valence-electron chi connectivity index (χ0n) is 12.3. The molecule has 3 heteroatoms. The Balaban J connectivity index is 2.04. The van der Waals surface area contributed by atoms with E-state index in [0.717, 1.165) is 16.5 Å². The van der Waals surface area contributed by atoms with Crippen LogP contribution in [0.15, 0.2) is 53.0 Å². The van der Waals surface area contributed by atoms with Gasteiger partial charge in [-0.1, -0.05) is 64.0 Å². The van der Waals surface area contributed by atoms with Gasteiger partial charge in [0.1, 0.15) is 0 Å². The van der Waals surface area contributed by atoms with Gasteiger partial charge in [0.25, 0.3) is 0 Å². The van der Waals surface area contributed by atoms with Gasteiger partial charge >= 0.3 is 0 Å².